The first kappa shape index (κ1) is 22.1. The summed E-state index contributed by atoms with van der Waals surface area (Å²) in [6.45, 7) is 4.02. The molecule has 0 bridgehead atoms. The normalized spacial score (nSPS) is 17.6. The SMILES string of the molecule is CCSc1ccc(CC(=O)Nc2ccc3c(n2)CCC(C)(c2cccc(O)c2)C3=O)cc1. The second-order valence-electron chi connectivity index (χ2n) is 8.20. The van der Waals surface area contributed by atoms with E-state index in [1.165, 1.54) is 4.90 Å². The first-order chi connectivity index (χ1) is 15.4. The van der Waals surface area contributed by atoms with Crippen LogP contribution in [0.3, 0.4) is 0 Å². The quantitative estimate of drug-likeness (QED) is 0.511. The van der Waals surface area contributed by atoms with Crippen LogP contribution in [-0.2, 0) is 23.1 Å². The van der Waals surface area contributed by atoms with Gasteiger partial charge in [0.25, 0.3) is 0 Å². The fourth-order valence-corrected chi connectivity index (χ4v) is 4.78. The van der Waals surface area contributed by atoms with Gasteiger partial charge in [-0.25, -0.2) is 4.98 Å². The van der Waals surface area contributed by atoms with Gasteiger partial charge in [0.1, 0.15) is 11.6 Å². The maximum Gasteiger partial charge on any atom is 0.229 e. The lowest BCUT2D eigenvalue weighted by Crippen LogP contribution is -2.37. The summed E-state index contributed by atoms with van der Waals surface area (Å²) in [4.78, 5) is 31.5. The number of hydrogen-bond acceptors (Lipinski definition) is 5. The summed E-state index contributed by atoms with van der Waals surface area (Å²) in [5.74, 6) is 1.47. The predicted octanol–water partition coefficient (Wildman–Crippen LogP) is 5.17. The summed E-state index contributed by atoms with van der Waals surface area (Å²) in [6.07, 6.45) is 1.48. The third kappa shape index (κ3) is 4.55. The van der Waals surface area contributed by atoms with Gasteiger partial charge in [-0.15, -0.1) is 11.8 Å². The van der Waals surface area contributed by atoms with Crippen molar-refractivity contribution < 1.29 is 14.7 Å². The Hall–Kier alpha value is -3.12. The molecule has 1 heterocycles. The Morgan fingerprint density at radius 2 is 1.94 bits per heavy atom. The zero-order valence-corrected chi connectivity index (χ0v) is 19.0. The minimum absolute atomic E-state index is 0.0141. The van der Waals surface area contributed by atoms with Crippen LogP contribution in [0.2, 0.25) is 0 Å². The highest BCUT2D eigenvalue weighted by Gasteiger charge is 2.40. The number of benzene rings is 2. The molecule has 1 atom stereocenters. The molecule has 1 aliphatic carbocycles. The highest BCUT2D eigenvalue weighted by molar-refractivity contribution is 7.99. The van der Waals surface area contributed by atoms with Gasteiger partial charge in [-0.1, -0.05) is 31.2 Å². The van der Waals surface area contributed by atoms with Crippen molar-refractivity contribution in [3.05, 3.63) is 83.0 Å². The van der Waals surface area contributed by atoms with E-state index >= 15 is 0 Å². The molecule has 1 unspecified atom stereocenters. The largest absolute Gasteiger partial charge is 0.508 e. The Labute approximate surface area is 192 Å². The number of phenols is 1. The summed E-state index contributed by atoms with van der Waals surface area (Å²) in [6, 6.07) is 18.3. The standard InChI is InChI=1S/C26H26N2O3S/c1-3-32-20-9-7-17(8-10-20)15-24(30)28-23-12-11-21-22(27-23)13-14-26(2,25(21)31)18-5-4-6-19(29)16-18/h4-12,16,29H,3,13-15H2,1-2H3,(H,27,28,30). The van der Waals surface area contributed by atoms with Crippen LogP contribution in [0.4, 0.5) is 5.82 Å². The van der Waals surface area contributed by atoms with Crippen LogP contribution in [0.25, 0.3) is 0 Å². The van der Waals surface area contributed by atoms with E-state index in [4.69, 9.17) is 0 Å². The number of nitrogens with one attached hydrogen (secondary N) is 1. The van der Waals surface area contributed by atoms with Gasteiger partial charge in [0.05, 0.1) is 17.5 Å². The van der Waals surface area contributed by atoms with Gasteiger partial charge in [0.15, 0.2) is 5.78 Å². The number of fused-ring (bicyclic) bond motifs is 1. The van der Waals surface area contributed by atoms with Gasteiger partial charge in [-0.2, -0.15) is 0 Å². The number of phenolic OH excluding ortho intramolecular Hbond substituents is 1. The van der Waals surface area contributed by atoms with Crippen molar-refractivity contribution in [3.8, 4) is 5.75 Å². The topological polar surface area (TPSA) is 79.3 Å². The number of pyridine rings is 1. The first-order valence-corrected chi connectivity index (χ1v) is 11.7. The molecule has 3 aromatic rings. The van der Waals surface area contributed by atoms with E-state index in [0.717, 1.165) is 16.9 Å². The Bertz CT molecular complexity index is 1160. The minimum Gasteiger partial charge on any atom is -0.508 e. The number of carbonyl (C=O) groups is 2. The molecule has 0 radical (unpaired) electrons. The second-order valence-corrected chi connectivity index (χ2v) is 9.54. The summed E-state index contributed by atoms with van der Waals surface area (Å²) in [5.41, 5.74) is 2.31. The molecule has 164 valence electrons. The zero-order chi connectivity index (χ0) is 22.7. The average Bonchev–Trinajstić information content (AvgIpc) is 2.78. The lowest BCUT2D eigenvalue weighted by molar-refractivity contribution is -0.115. The number of rotatable bonds is 6. The van der Waals surface area contributed by atoms with Crippen LogP contribution in [0.15, 0.2) is 65.6 Å². The van der Waals surface area contributed by atoms with Gasteiger partial charge in [-0.05, 0) is 73.0 Å². The Morgan fingerprint density at radius 1 is 1.16 bits per heavy atom. The number of nitrogens with zero attached hydrogens (tertiary/aromatic N) is 1. The number of aromatic hydroxyl groups is 1. The number of anilines is 1. The molecule has 32 heavy (non-hydrogen) atoms. The van der Waals surface area contributed by atoms with Gasteiger partial charge in [0, 0.05) is 10.5 Å². The summed E-state index contributed by atoms with van der Waals surface area (Å²) < 4.78 is 0. The number of aryl methyl sites for hydroxylation is 1. The Balaban J connectivity index is 1.46. The van der Waals surface area contributed by atoms with Gasteiger partial charge in [0.2, 0.25) is 5.91 Å². The van der Waals surface area contributed by atoms with Crippen molar-refractivity contribution in [1.82, 2.24) is 4.98 Å². The number of amides is 1. The van der Waals surface area contributed by atoms with Crippen molar-refractivity contribution >= 4 is 29.3 Å². The van der Waals surface area contributed by atoms with E-state index in [0.29, 0.717) is 29.9 Å². The number of carbonyl (C=O) groups excluding carboxylic acids is 2. The molecular weight excluding hydrogens is 420 g/mol. The number of aromatic nitrogens is 1. The first-order valence-electron chi connectivity index (χ1n) is 10.7. The van der Waals surface area contributed by atoms with Crippen molar-refractivity contribution in [1.29, 1.82) is 0 Å². The van der Waals surface area contributed by atoms with Crippen LogP contribution in [0.1, 0.15) is 47.4 Å². The molecule has 0 fully saturated rings. The van der Waals surface area contributed by atoms with Crippen LogP contribution in [0.5, 0.6) is 5.75 Å². The fraction of sp³-hybridized carbons (Fsp3) is 0.269. The number of hydrogen-bond donors (Lipinski definition) is 2. The molecule has 5 nitrogen and oxygen atoms in total. The summed E-state index contributed by atoms with van der Waals surface area (Å²) in [7, 11) is 0. The lowest BCUT2D eigenvalue weighted by atomic mass is 9.69. The third-order valence-corrected chi connectivity index (χ3v) is 6.83. The molecule has 0 aliphatic heterocycles. The molecule has 0 spiro atoms. The highest BCUT2D eigenvalue weighted by atomic mass is 32.2. The Kier molecular flexibility index (Phi) is 6.33. The van der Waals surface area contributed by atoms with Crippen molar-refractivity contribution in [3.63, 3.8) is 0 Å². The highest BCUT2D eigenvalue weighted by Crippen LogP contribution is 2.39. The second kappa shape index (κ2) is 9.17. The van der Waals surface area contributed by atoms with E-state index in [9.17, 15) is 14.7 Å². The molecule has 1 aliphatic rings. The molecule has 6 heteroatoms. The maximum absolute atomic E-state index is 13.3. The summed E-state index contributed by atoms with van der Waals surface area (Å²) in [5, 5.41) is 12.7. The smallest absolute Gasteiger partial charge is 0.229 e. The molecule has 1 amide bonds. The van der Waals surface area contributed by atoms with Crippen LogP contribution in [0, 0.1) is 0 Å². The Morgan fingerprint density at radius 3 is 2.66 bits per heavy atom. The third-order valence-electron chi connectivity index (χ3n) is 5.93. The van der Waals surface area contributed by atoms with Gasteiger partial charge < -0.3 is 10.4 Å². The van der Waals surface area contributed by atoms with E-state index in [1.807, 2.05) is 37.3 Å². The minimum atomic E-state index is -0.708. The molecular formula is C26H26N2O3S. The number of thioether (sulfide) groups is 1. The molecule has 0 saturated carbocycles. The maximum atomic E-state index is 13.3. The van der Waals surface area contributed by atoms with Crippen LogP contribution >= 0.6 is 11.8 Å². The van der Waals surface area contributed by atoms with Crippen molar-refractivity contribution in [2.24, 2.45) is 0 Å². The van der Waals surface area contributed by atoms with Gasteiger partial charge >= 0.3 is 0 Å². The van der Waals surface area contributed by atoms with E-state index < -0.39 is 5.41 Å². The van der Waals surface area contributed by atoms with Crippen LogP contribution in [-0.4, -0.2) is 27.5 Å². The molecule has 2 aromatic carbocycles. The number of ketones is 1. The molecule has 2 N–H and O–H groups in total. The molecule has 1 aromatic heterocycles. The van der Waals surface area contributed by atoms with Gasteiger partial charge in [-0.3, -0.25) is 9.59 Å². The zero-order valence-electron chi connectivity index (χ0n) is 18.2. The molecule has 4 rings (SSSR count). The average molecular weight is 447 g/mol. The number of Topliss-reactive ketones (excluding diaryl/α,β-unsaturated/α-hetero) is 1. The molecule has 0 saturated heterocycles. The van der Waals surface area contributed by atoms with Crippen molar-refractivity contribution in [2.75, 3.05) is 11.1 Å². The van der Waals surface area contributed by atoms with E-state index in [-0.39, 0.29) is 23.9 Å². The monoisotopic (exact) mass is 446 g/mol. The fourth-order valence-electron chi connectivity index (χ4n) is 4.11. The van der Waals surface area contributed by atoms with Crippen LogP contribution < -0.4 is 5.32 Å². The summed E-state index contributed by atoms with van der Waals surface area (Å²) >= 11 is 1.77. The van der Waals surface area contributed by atoms with E-state index in [2.05, 4.69) is 17.2 Å². The van der Waals surface area contributed by atoms with Crippen molar-refractivity contribution in [2.45, 2.75) is 43.4 Å². The predicted molar refractivity (Wildman–Crippen MR) is 128 cm³/mol. The van der Waals surface area contributed by atoms with E-state index in [1.54, 1.807) is 42.1 Å². The lowest BCUT2D eigenvalue weighted by Gasteiger charge is -2.33.